The van der Waals surface area contributed by atoms with Gasteiger partial charge in [-0.15, -0.1) is 5.10 Å². The molecular formula is C32H29F2N7O3S. The lowest BCUT2D eigenvalue weighted by atomic mass is 10.1. The number of anilines is 1. The second-order valence-electron chi connectivity index (χ2n) is 11.4. The molecule has 2 aliphatic rings. The van der Waals surface area contributed by atoms with Crippen molar-refractivity contribution in [1.29, 1.82) is 0 Å². The van der Waals surface area contributed by atoms with Crippen molar-refractivity contribution in [2.45, 2.75) is 31.8 Å². The van der Waals surface area contributed by atoms with Crippen LogP contribution in [0.5, 0.6) is 0 Å². The number of pyridine rings is 2. The van der Waals surface area contributed by atoms with Gasteiger partial charge in [-0.3, -0.25) is 19.2 Å². The predicted octanol–water partition coefficient (Wildman–Crippen LogP) is 4.74. The van der Waals surface area contributed by atoms with Gasteiger partial charge in [0.25, 0.3) is 0 Å². The maximum Gasteiger partial charge on any atom is 0.341 e. The van der Waals surface area contributed by atoms with Crippen LogP contribution >= 0.6 is 12.2 Å². The lowest BCUT2D eigenvalue weighted by Crippen LogP contribution is -2.47. The van der Waals surface area contributed by atoms with E-state index in [2.05, 4.69) is 9.88 Å². The van der Waals surface area contributed by atoms with Crippen LogP contribution in [0.3, 0.4) is 0 Å². The number of carbonyl (C=O) groups is 1. The lowest BCUT2D eigenvalue weighted by molar-refractivity contribution is 0.0694. The van der Waals surface area contributed by atoms with E-state index in [0.29, 0.717) is 61.2 Å². The summed E-state index contributed by atoms with van der Waals surface area (Å²) in [4.78, 5) is 33.1. The zero-order valence-electron chi connectivity index (χ0n) is 24.1. The highest BCUT2D eigenvalue weighted by Gasteiger charge is 2.40. The molecule has 0 amide bonds. The molecule has 0 unspecified atom stereocenters. The SMILES string of the molecule is O=C(O)c1cn([C@@H]2C[C@@H]2F)c2cc(N3CCN(Cn4nc(-c5ccccn5)n(Cc5ccccc5)c4=S)CC3)c(F)cc2c1=O. The van der Waals surface area contributed by atoms with Crippen molar-refractivity contribution in [1.82, 2.24) is 28.8 Å². The van der Waals surface area contributed by atoms with Gasteiger partial charge in [-0.2, -0.15) is 0 Å². The van der Waals surface area contributed by atoms with Gasteiger partial charge in [0.2, 0.25) is 5.43 Å². The topological polar surface area (TPSA) is 101 Å². The van der Waals surface area contributed by atoms with Crippen molar-refractivity contribution in [3.63, 3.8) is 0 Å². The molecule has 7 rings (SSSR count). The standard InChI is InChI=1S/C32H29F2N7O3S/c33-23-14-21-26(39(28-15-24(28)34)18-22(29(21)42)31(43)44)16-27(23)38-12-10-37(11-13-38)19-41-32(45)40(17-20-6-2-1-3-7-20)30(36-41)25-8-4-5-9-35-25/h1-9,14,16,18,24,28H,10-13,15,17,19H2,(H,43,44)/t24-,28+/m0/s1. The van der Waals surface area contributed by atoms with E-state index in [1.165, 1.54) is 10.8 Å². The van der Waals surface area contributed by atoms with Crippen molar-refractivity contribution in [3.05, 3.63) is 105 Å². The Morgan fingerprint density at radius 3 is 2.44 bits per heavy atom. The number of hydrogen-bond donors (Lipinski definition) is 1. The Morgan fingerprint density at radius 2 is 1.78 bits per heavy atom. The summed E-state index contributed by atoms with van der Waals surface area (Å²) in [5.41, 5.74) is 1.13. The molecule has 1 saturated heterocycles. The molecule has 13 heteroatoms. The number of fused-ring (bicyclic) bond motifs is 1. The second kappa shape index (κ2) is 11.6. The number of carboxylic acid groups (broad SMARTS) is 1. The molecule has 1 N–H and O–H groups in total. The summed E-state index contributed by atoms with van der Waals surface area (Å²) in [7, 11) is 0. The quantitative estimate of drug-likeness (QED) is 0.246. The predicted molar refractivity (Wildman–Crippen MR) is 167 cm³/mol. The Labute approximate surface area is 261 Å². The van der Waals surface area contributed by atoms with Crippen LogP contribution in [0.4, 0.5) is 14.5 Å². The largest absolute Gasteiger partial charge is 0.477 e. The Morgan fingerprint density at radius 1 is 1.04 bits per heavy atom. The fraction of sp³-hybridized carbons (Fsp3) is 0.281. The number of hydrogen-bond acceptors (Lipinski definition) is 7. The fourth-order valence-corrected chi connectivity index (χ4v) is 6.16. The zero-order valence-corrected chi connectivity index (χ0v) is 24.9. The molecule has 2 aromatic carbocycles. The van der Waals surface area contributed by atoms with Gasteiger partial charge >= 0.3 is 5.97 Å². The number of carboxylic acids is 1. The van der Waals surface area contributed by atoms with Gasteiger partial charge in [-0.25, -0.2) is 18.3 Å². The highest BCUT2D eigenvalue weighted by Crippen LogP contribution is 2.41. The third-order valence-electron chi connectivity index (χ3n) is 8.42. The maximum atomic E-state index is 15.5. The van der Waals surface area contributed by atoms with E-state index in [-0.39, 0.29) is 17.5 Å². The number of aromatic nitrogens is 5. The van der Waals surface area contributed by atoms with Gasteiger partial charge in [0, 0.05) is 50.4 Å². The molecule has 3 aromatic heterocycles. The third-order valence-corrected chi connectivity index (χ3v) is 8.85. The number of rotatable bonds is 8. The van der Waals surface area contributed by atoms with E-state index in [0.717, 1.165) is 11.6 Å². The minimum absolute atomic E-state index is 0.0712. The summed E-state index contributed by atoms with van der Waals surface area (Å²) < 4.78 is 35.3. The van der Waals surface area contributed by atoms with Crippen LogP contribution in [0.15, 0.2) is 77.9 Å². The smallest absolute Gasteiger partial charge is 0.341 e. The number of alkyl halides is 1. The molecular weight excluding hydrogens is 600 g/mol. The number of benzene rings is 2. The molecule has 0 bridgehead atoms. The summed E-state index contributed by atoms with van der Waals surface area (Å²) in [5.74, 6) is -1.38. The molecule has 4 heterocycles. The lowest BCUT2D eigenvalue weighted by Gasteiger charge is -2.36. The fourth-order valence-electron chi connectivity index (χ4n) is 5.91. The van der Waals surface area contributed by atoms with Crippen LogP contribution in [-0.2, 0) is 13.2 Å². The molecule has 2 fully saturated rings. The monoisotopic (exact) mass is 629 g/mol. The summed E-state index contributed by atoms with van der Waals surface area (Å²) in [5, 5.41) is 14.3. The van der Waals surface area contributed by atoms with E-state index in [1.807, 2.05) is 58.0 Å². The molecule has 1 aliphatic heterocycles. The van der Waals surface area contributed by atoms with Crippen molar-refractivity contribution in [2.75, 3.05) is 31.1 Å². The molecule has 0 radical (unpaired) electrons. The Kier molecular flexibility index (Phi) is 7.50. The maximum absolute atomic E-state index is 15.5. The van der Waals surface area contributed by atoms with Gasteiger partial charge in [-0.05, 0) is 42.0 Å². The van der Waals surface area contributed by atoms with Gasteiger partial charge in [0.15, 0.2) is 10.6 Å². The van der Waals surface area contributed by atoms with Gasteiger partial charge in [0.05, 0.1) is 30.5 Å². The highest BCUT2D eigenvalue weighted by atomic mass is 32.1. The Bertz CT molecular complexity index is 2020. The number of aromatic carboxylic acids is 1. The average Bonchev–Trinajstić information content (AvgIpc) is 3.71. The minimum Gasteiger partial charge on any atom is -0.477 e. The number of piperazine rings is 1. The first-order valence-corrected chi connectivity index (χ1v) is 15.1. The summed E-state index contributed by atoms with van der Waals surface area (Å²) >= 11 is 5.88. The highest BCUT2D eigenvalue weighted by molar-refractivity contribution is 7.71. The van der Waals surface area contributed by atoms with Gasteiger partial charge < -0.3 is 14.6 Å². The van der Waals surface area contributed by atoms with Crippen LogP contribution < -0.4 is 10.3 Å². The normalized spacial score (nSPS) is 18.4. The molecule has 1 saturated carbocycles. The van der Waals surface area contributed by atoms with Gasteiger partial charge in [-0.1, -0.05) is 36.4 Å². The van der Waals surface area contributed by atoms with Crippen LogP contribution in [0.25, 0.3) is 22.4 Å². The van der Waals surface area contributed by atoms with Crippen LogP contribution in [0.2, 0.25) is 0 Å². The second-order valence-corrected chi connectivity index (χ2v) is 11.7. The third kappa shape index (κ3) is 5.53. The van der Waals surface area contributed by atoms with Gasteiger partial charge in [0.1, 0.15) is 23.2 Å². The van der Waals surface area contributed by atoms with Crippen molar-refractivity contribution < 1.29 is 18.7 Å². The molecule has 1 aliphatic carbocycles. The van der Waals surface area contributed by atoms with Crippen molar-refractivity contribution in [2.24, 2.45) is 0 Å². The first-order valence-electron chi connectivity index (χ1n) is 14.6. The Hall–Kier alpha value is -4.75. The zero-order chi connectivity index (χ0) is 31.2. The van der Waals surface area contributed by atoms with Crippen molar-refractivity contribution >= 4 is 34.8 Å². The molecule has 230 valence electrons. The van der Waals surface area contributed by atoms with E-state index in [9.17, 15) is 19.1 Å². The molecule has 45 heavy (non-hydrogen) atoms. The molecule has 10 nitrogen and oxygen atoms in total. The van der Waals surface area contributed by atoms with E-state index in [4.69, 9.17) is 17.3 Å². The van der Waals surface area contributed by atoms with Crippen LogP contribution in [0, 0.1) is 10.6 Å². The molecule has 0 spiro atoms. The molecule has 5 aromatic rings. The first-order chi connectivity index (χ1) is 21.8. The van der Waals surface area contributed by atoms with E-state index >= 15 is 4.39 Å². The first kappa shape index (κ1) is 29.0. The van der Waals surface area contributed by atoms with E-state index in [1.54, 1.807) is 16.9 Å². The summed E-state index contributed by atoms with van der Waals surface area (Å²) in [6.07, 6.45) is 1.97. The van der Waals surface area contributed by atoms with Crippen LogP contribution in [0.1, 0.15) is 28.4 Å². The molecule has 2 atom stereocenters. The number of halogens is 2. The average molecular weight is 630 g/mol. The van der Waals surface area contributed by atoms with E-state index < -0.39 is 35.0 Å². The van der Waals surface area contributed by atoms with Crippen LogP contribution in [-0.4, -0.2) is 72.2 Å². The summed E-state index contributed by atoms with van der Waals surface area (Å²) in [6, 6.07) is 17.7. The number of nitrogens with zero attached hydrogens (tertiary/aromatic N) is 7. The Balaban J connectivity index is 1.13. The van der Waals surface area contributed by atoms with Crippen molar-refractivity contribution in [3.8, 4) is 11.5 Å². The summed E-state index contributed by atoms with van der Waals surface area (Å²) in [6.45, 7) is 3.13. The minimum atomic E-state index is -1.43.